The van der Waals surface area contributed by atoms with Crippen LogP contribution < -0.4 is 0 Å². The summed E-state index contributed by atoms with van der Waals surface area (Å²) in [6.45, 7) is 0. The van der Waals surface area contributed by atoms with Crippen molar-refractivity contribution in [2.75, 3.05) is 0 Å². The summed E-state index contributed by atoms with van der Waals surface area (Å²) >= 11 is 0. The summed E-state index contributed by atoms with van der Waals surface area (Å²) in [5, 5.41) is 24.2. The monoisotopic (exact) mass is 512 g/mol. The van der Waals surface area contributed by atoms with Gasteiger partial charge in [0.05, 0.1) is 0 Å². The fourth-order valence-electron chi connectivity index (χ4n) is 15.5. The van der Waals surface area contributed by atoms with Crippen molar-refractivity contribution in [3.8, 4) is 11.5 Å². The van der Waals surface area contributed by atoms with Gasteiger partial charge in [-0.25, -0.2) is 0 Å². The number of benzene rings is 1. The van der Waals surface area contributed by atoms with E-state index in [1.165, 1.54) is 127 Å². The van der Waals surface area contributed by atoms with E-state index in [1.807, 2.05) is 6.07 Å². The molecule has 38 heavy (non-hydrogen) atoms. The van der Waals surface area contributed by atoms with Gasteiger partial charge in [0.1, 0.15) is 11.5 Å². The normalized spacial score (nSPS) is 54.8. The molecule has 0 radical (unpaired) electrons. The van der Waals surface area contributed by atoms with E-state index in [0.717, 1.165) is 53.3 Å². The van der Waals surface area contributed by atoms with Gasteiger partial charge in [-0.1, -0.05) is 0 Å². The van der Waals surface area contributed by atoms with Crippen LogP contribution in [0.2, 0.25) is 0 Å². The van der Waals surface area contributed by atoms with E-state index >= 15 is 0 Å². The molecule has 0 unspecified atom stereocenters. The van der Waals surface area contributed by atoms with Crippen molar-refractivity contribution in [2.45, 2.75) is 132 Å². The maximum Gasteiger partial charge on any atom is 0.123 e. The highest BCUT2D eigenvalue weighted by Gasteiger charge is 2.61. The van der Waals surface area contributed by atoms with Gasteiger partial charge in [0.15, 0.2) is 0 Å². The maximum atomic E-state index is 12.1. The first-order valence-electron chi connectivity index (χ1n) is 17.0. The number of rotatable bonds is 3. The lowest BCUT2D eigenvalue weighted by Gasteiger charge is -2.63. The highest BCUT2D eigenvalue weighted by atomic mass is 16.3. The van der Waals surface area contributed by atoms with Crippen LogP contribution in [-0.2, 0) is 16.2 Å². The topological polar surface area (TPSA) is 40.5 Å². The lowest BCUT2D eigenvalue weighted by molar-refractivity contribution is -0.0255. The van der Waals surface area contributed by atoms with E-state index in [0.29, 0.717) is 11.5 Å². The molecule has 12 aliphatic rings. The molecule has 0 saturated heterocycles. The van der Waals surface area contributed by atoms with Gasteiger partial charge in [-0.15, -0.1) is 0 Å². The molecule has 12 saturated carbocycles. The SMILES string of the molecule is Oc1cc(O)c(C23CC4CC(CC(C4)C2)C3)c(C23CC4CC(CC(C4)C2)C3)c1C12CC3CC(CC(C3)C1)C2. The second kappa shape index (κ2) is 7.17. The standard InChI is InChI=1S/C36H48O2/c37-29-10-30(38)32(35-14-23-4-24(15-35)6-25(5-23)16-35)33(36-17-26-7-27(18-36)9-28(8-26)19-36)31(29)34-11-20-1-21(12-34)3-22(2-20)13-34/h10,20-28,37-38H,1-9,11-19H2. The fraction of sp³-hybridized carbons (Fsp3) is 0.833. The number of hydrogen-bond donors (Lipinski definition) is 2. The minimum absolute atomic E-state index is 0.183. The van der Waals surface area contributed by atoms with Crippen LogP contribution in [0.1, 0.15) is 132 Å². The quantitative estimate of drug-likeness (QED) is 0.426. The Bertz CT molecular complexity index is 1030. The molecular formula is C36H48O2. The van der Waals surface area contributed by atoms with E-state index in [4.69, 9.17) is 0 Å². The Kier molecular flexibility index (Phi) is 4.25. The Morgan fingerprint density at radius 3 is 0.816 bits per heavy atom. The van der Waals surface area contributed by atoms with Crippen LogP contribution in [0.15, 0.2) is 6.07 Å². The average Bonchev–Trinajstić information content (AvgIpc) is 2.80. The molecule has 0 aromatic heterocycles. The molecular weight excluding hydrogens is 464 g/mol. The highest BCUT2D eigenvalue weighted by Crippen LogP contribution is 2.71. The number of phenols is 2. The zero-order valence-corrected chi connectivity index (χ0v) is 23.4. The molecule has 13 rings (SSSR count). The number of phenolic OH excluding ortho intramolecular Hbond substituents is 2. The first-order chi connectivity index (χ1) is 18.4. The first-order valence-corrected chi connectivity index (χ1v) is 17.0. The number of hydrogen-bond acceptors (Lipinski definition) is 2. The van der Waals surface area contributed by atoms with Crippen LogP contribution in [0.25, 0.3) is 0 Å². The summed E-state index contributed by atoms with van der Waals surface area (Å²) in [4.78, 5) is 0. The molecule has 0 aliphatic heterocycles. The lowest BCUT2D eigenvalue weighted by Crippen LogP contribution is -2.55. The Morgan fingerprint density at radius 2 is 0.579 bits per heavy atom. The minimum Gasteiger partial charge on any atom is -0.507 e. The number of aromatic hydroxyl groups is 2. The van der Waals surface area contributed by atoms with Gasteiger partial charge in [0.2, 0.25) is 0 Å². The molecule has 1 aromatic rings. The van der Waals surface area contributed by atoms with Gasteiger partial charge in [0.25, 0.3) is 0 Å². The molecule has 1 aromatic carbocycles. The summed E-state index contributed by atoms with van der Waals surface area (Å²) in [5.41, 5.74) is 5.06. The van der Waals surface area contributed by atoms with Gasteiger partial charge in [-0.3, -0.25) is 0 Å². The van der Waals surface area contributed by atoms with E-state index < -0.39 is 0 Å². The average molecular weight is 513 g/mol. The summed E-state index contributed by atoms with van der Waals surface area (Å²) in [6, 6.07) is 1.89. The second-order valence-electron chi connectivity index (χ2n) is 17.6. The minimum atomic E-state index is 0.183. The molecule has 0 atom stereocenters. The van der Waals surface area contributed by atoms with Crippen LogP contribution in [0.5, 0.6) is 11.5 Å². The van der Waals surface area contributed by atoms with Crippen molar-refractivity contribution in [1.29, 1.82) is 0 Å². The molecule has 2 heteroatoms. The zero-order chi connectivity index (χ0) is 25.0. The summed E-state index contributed by atoms with van der Waals surface area (Å²) in [5.74, 6) is 8.93. The molecule has 12 bridgehead atoms. The third-order valence-electron chi connectivity index (χ3n) is 15.0. The Hall–Kier alpha value is -1.18. The highest BCUT2D eigenvalue weighted by molar-refractivity contribution is 5.62. The molecule has 204 valence electrons. The largest absolute Gasteiger partial charge is 0.507 e. The fourth-order valence-corrected chi connectivity index (χ4v) is 15.5. The van der Waals surface area contributed by atoms with Crippen molar-refractivity contribution in [3.05, 3.63) is 22.8 Å². The van der Waals surface area contributed by atoms with Gasteiger partial charge >= 0.3 is 0 Å². The predicted molar refractivity (Wildman–Crippen MR) is 149 cm³/mol. The molecule has 12 aliphatic carbocycles. The van der Waals surface area contributed by atoms with Crippen LogP contribution in [0.4, 0.5) is 0 Å². The summed E-state index contributed by atoms with van der Waals surface area (Å²) in [6.07, 6.45) is 25.0. The van der Waals surface area contributed by atoms with Crippen molar-refractivity contribution in [1.82, 2.24) is 0 Å². The smallest absolute Gasteiger partial charge is 0.123 e. The van der Waals surface area contributed by atoms with Gasteiger partial charge in [-0.2, -0.15) is 0 Å². The maximum absolute atomic E-state index is 12.1. The molecule has 2 N–H and O–H groups in total. The van der Waals surface area contributed by atoms with E-state index in [1.54, 1.807) is 5.56 Å². The van der Waals surface area contributed by atoms with Gasteiger partial charge in [-0.05, 0) is 180 Å². The van der Waals surface area contributed by atoms with E-state index in [9.17, 15) is 10.2 Å². The molecule has 12 fully saturated rings. The second-order valence-corrected chi connectivity index (χ2v) is 17.6. The molecule has 0 heterocycles. The van der Waals surface area contributed by atoms with Crippen LogP contribution >= 0.6 is 0 Å². The Morgan fingerprint density at radius 1 is 0.368 bits per heavy atom. The van der Waals surface area contributed by atoms with Crippen LogP contribution in [0, 0.1) is 53.3 Å². The summed E-state index contributed by atoms with van der Waals surface area (Å²) in [7, 11) is 0. The molecule has 2 nitrogen and oxygen atoms in total. The Labute approximate surface area is 229 Å². The van der Waals surface area contributed by atoms with Crippen LogP contribution in [0.3, 0.4) is 0 Å². The van der Waals surface area contributed by atoms with Crippen molar-refractivity contribution >= 4 is 0 Å². The molecule has 0 spiro atoms. The van der Waals surface area contributed by atoms with Crippen LogP contribution in [-0.4, -0.2) is 10.2 Å². The third-order valence-corrected chi connectivity index (χ3v) is 15.0. The predicted octanol–water partition coefficient (Wildman–Crippen LogP) is 8.50. The zero-order valence-electron chi connectivity index (χ0n) is 23.4. The van der Waals surface area contributed by atoms with Gasteiger partial charge in [0, 0.05) is 28.0 Å². The Balaban J connectivity index is 1.24. The van der Waals surface area contributed by atoms with Gasteiger partial charge < -0.3 is 10.2 Å². The van der Waals surface area contributed by atoms with Crippen molar-refractivity contribution < 1.29 is 10.2 Å². The first kappa shape index (κ1) is 22.5. The van der Waals surface area contributed by atoms with Crippen molar-refractivity contribution in [2.24, 2.45) is 53.3 Å². The molecule has 0 amide bonds. The third kappa shape index (κ3) is 2.87. The van der Waals surface area contributed by atoms with E-state index in [-0.39, 0.29) is 16.2 Å². The van der Waals surface area contributed by atoms with Crippen molar-refractivity contribution in [3.63, 3.8) is 0 Å². The lowest BCUT2D eigenvalue weighted by atomic mass is 9.41. The van der Waals surface area contributed by atoms with E-state index in [2.05, 4.69) is 0 Å². The summed E-state index contributed by atoms with van der Waals surface area (Å²) < 4.78 is 0.